The quantitative estimate of drug-likeness (QED) is 0.474. The van der Waals surface area contributed by atoms with Crippen molar-refractivity contribution in [3.05, 3.63) is 99.4 Å². The van der Waals surface area contributed by atoms with Gasteiger partial charge in [0.2, 0.25) is 11.6 Å². The monoisotopic (exact) mass is 400 g/mol. The van der Waals surface area contributed by atoms with Gasteiger partial charge >= 0.3 is 0 Å². The number of aromatic amines is 2. The molecule has 0 atom stereocenters. The van der Waals surface area contributed by atoms with Gasteiger partial charge in [-0.25, -0.2) is 0 Å². The Labute approximate surface area is 175 Å². The van der Waals surface area contributed by atoms with Gasteiger partial charge in [0, 0.05) is 12.4 Å². The molecule has 3 aromatic heterocycles. The Balaban J connectivity index is 1.79. The highest BCUT2D eigenvalue weighted by Gasteiger charge is 2.25. The maximum atomic E-state index is 13.3. The second-order valence-corrected chi connectivity index (χ2v) is 7.66. The molecule has 0 spiro atoms. The lowest BCUT2D eigenvalue weighted by molar-refractivity contribution is 0.101. The summed E-state index contributed by atoms with van der Waals surface area (Å²) in [5.41, 5.74) is 6.47. The van der Waals surface area contributed by atoms with Gasteiger partial charge in [0.15, 0.2) is 0 Å². The van der Waals surface area contributed by atoms with Crippen molar-refractivity contribution >= 4 is 11.6 Å². The third-order valence-corrected chi connectivity index (χ3v) is 5.67. The number of rotatable bonds is 6. The number of benzene rings is 1. The number of nitrogens with zero attached hydrogens (tertiary/aromatic N) is 2. The Kier molecular flexibility index (Phi) is 4.99. The lowest BCUT2D eigenvalue weighted by atomic mass is 10.1. The molecule has 0 saturated heterocycles. The molecule has 152 valence electrons. The van der Waals surface area contributed by atoms with Gasteiger partial charge in [0.25, 0.3) is 0 Å². The van der Waals surface area contributed by atoms with E-state index >= 15 is 0 Å². The molecule has 4 rings (SSSR count). The second kappa shape index (κ2) is 7.63. The topological polar surface area (TPSA) is 83.5 Å². The van der Waals surface area contributed by atoms with Gasteiger partial charge in [0.1, 0.15) is 11.4 Å². The van der Waals surface area contributed by atoms with E-state index in [4.69, 9.17) is 0 Å². The Morgan fingerprint density at radius 3 is 1.97 bits per heavy atom. The lowest BCUT2D eigenvalue weighted by Gasteiger charge is -2.07. The van der Waals surface area contributed by atoms with Crippen LogP contribution in [0.5, 0.6) is 0 Å². The largest absolute Gasteiger partial charge is 0.358 e. The van der Waals surface area contributed by atoms with E-state index in [1.807, 2.05) is 64.2 Å². The van der Waals surface area contributed by atoms with Crippen molar-refractivity contribution in [2.45, 2.75) is 34.2 Å². The molecule has 3 heterocycles. The number of H-pyrrole nitrogens is 2. The van der Waals surface area contributed by atoms with Crippen LogP contribution < -0.4 is 0 Å². The summed E-state index contributed by atoms with van der Waals surface area (Å²) < 4.78 is 1.62. The van der Waals surface area contributed by atoms with Gasteiger partial charge in [-0.05, 0) is 61.6 Å². The van der Waals surface area contributed by atoms with E-state index in [9.17, 15) is 9.59 Å². The van der Waals surface area contributed by atoms with E-state index in [1.165, 1.54) is 0 Å². The van der Waals surface area contributed by atoms with Crippen molar-refractivity contribution < 1.29 is 9.59 Å². The van der Waals surface area contributed by atoms with E-state index < -0.39 is 0 Å². The molecule has 30 heavy (non-hydrogen) atoms. The summed E-state index contributed by atoms with van der Waals surface area (Å²) >= 11 is 0. The predicted octanol–water partition coefficient (Wildman–Crippen LogP) is 4.28. The molecule has 6 heteroatoms. The molecule has 0 fully saturated rings. The number of carbonyl (C=O) groups excluding carboxylic acids is 2. The van der Waals surface area contributed by atoms with Crippen molar-refractivity contribution in [3.8, 4) is 0 Å². The van der Waals surface area contributed by atoms with Crippen molar-refractivity contribution in [2.24, 2.45) is 0 Å². The van der Waals surface area contributed by atoms with Crippen LogP contribution in [0.2, 0.25) is 0 Å². The second-order valence-electron chi connectivity index (χ2n) is 7.66. The number of hydrogen-bond donors (Lipinski definition) is 2. The normalized spacial score (nSPS) is 11.1. The van der Waals surface area contributed by atoms with Crippen LogP contribution in [0.3, 0.4) is 0 Å². The van der Waals surface area contributed by atoms with E-state index in [-0.39, 0.29) is 17.3 Å². The summed E-state index contributed by atoms with van der Waals surface area (Å²) in [5.74, 6) is -0.400. The summed E-state index contributed by atoms with van der Waals surface area (Å²) in [7, 11) is 0. The first-order valence-corrected chi connectivity index (χ1v) is 9.87. The fourth-order valence-corrected chi connectivity index (χ4v) is 3.50. The molecule has 0 aliphatic rings. The molecule has 4 aromatic rings. The highest BCUT2D eigenvalue weighted by atomic mass is 16.1. The average molecular weight is 400 g/mol. The van der Waals surface area contributed by atoms with Gasteiger partial charge in [-0.2, -0.15) is 5.10 Å². The number of carbonyl (C=O) groups is 2. The summed E-state index contributed by atoms with van der Waals surface area (Å²) in [4.78, 5) is 32.5. The highest BCUT2D eigenvalue weighted by molar-refractivity contribution is 6.12. The third kappa shape index (κ3) is 3.41. The molecule has 1 aromatic carbocycles. The van der Waals surface area contributed by atoms with Crippen LogP contribution in [-0.2, 0) is 6.54 Å². The van der Waals surface area contributed by atoms with Crippen molar-refractivity contribution in [1.82, 2.24) is 19.7 Å². The van der Waals surface area contributed by atoms with Gasteiger partial charge in [-0.3, -0.25) is 14.3 Å². The SMILES string of the molecule is Cc1c[nH]c(C(=O)c2cc(C(=O)c3[nH]cc(C)c3C)n(Cc3ccccc3)n2)c1C. The van der Waals surface area contributed by atoms with Crippen LogP contribution in [-0.4, -0.2) is 31.3 Å². The van der Waals surface area contributed by atoms with Crippen molar-refractivity contribution in [2.75, 3.05) is 0 Å². The first-order valence-electron chi connectivity index (χ1n) is 9.87. The molecule has 0 saturated carbocycles. The summed E-state index contributed by atoms with van der Waals surface area (Å²) in [6, 6.07) is 11.4. The molecule has 0 unspecified atom stereocenters. The average Bonchev–Trinajstić information content (AvgIpc) is 3.41. The smallest absolute Gasteiger partial charge is 0.229 e. The molecular formula is C24H24N4O2. The summed E-state index contributed by atoms with van der Waals surface area (Å²) in [5, 5.41) is 4.53. The third-order valence-electron chi connectivity index (χ3n) is 5.67. The highest BCUT2D eigenvalue weighted by Crippen LogP contribution is 2.21. The van der Waals surface area contributed by atoms with E-state index in [1.54, 1.807) is 16.9 Å². The van der Waals surface area contributed by atoms with E-state index in [2.05, 4.69) is 15.1 Å². The molecule has 0 aliphatic heterocycles. The van der Waals surface area contributed by atoms with Crippen LogP contribution in [0, 0.1) is 27.7 Å². The fraction of sp³-hybridized carbons (Fsp3) is 0.208. The predicted molar refractivity (Wildman–Crippen MR) is 115 cm³/mol. The van der Waals surface area contributed by atoms with E-state index in [0.29, 0.717) is 23.6 Å². The number of hydrogen-bond acceptors (Lipinski definition) is 3. The van der Waals surface area contributed by atoms with Crippen molar-refractivity contribution in [1.29, 1.82) is 0 Å². The minimum atomic E-state index is -0.221. The van der Waals surface area contributed by atoms with Gasteiger partial charge in [-0.1, -0.05) is 30.3 Å². The first kappa shape index (κ1) is 19.6. The van der Waals surface area contributed by atoms with Gasteiger partial charge in [-0.15, -0.1) is 0 Å². The van der Waals surface area contributed by atoms with Crippen LogP contribution in [0.4, 0.5) is 0 Å². The van der Waals surface area contributed by atoms with Gasteiger partial charge < -0.3 is 9.97 Å². The van der Waals surface area contributed by atoms with Crippen LogP contribution >= 0.6 is 0 Å². The maximum Gasteiger partial charge on any atom is 0.229 e. The summed E-state index contributed by atoms with van der Waals surface area (Å²) in [6.07, 6.45) is 3.62. The molecular weight excluding hydrogens is 376 g/mol. The molecule has 0 amide bonds. The first-order chi connectivity index (χ1) is 14.4. The minimum Gasteiger partial charge on any atom is -0.358 e. The molecule has 0 radical (unpaired) electrons. The van der Waals surface area contributed by atoms with Crippen LogP contribution in [0.15, 0.2) is 48.8 Å². The summed E-state index contributed by atoms with van der Waals surface area (Å²) in [6.45, 7) is 8.11. The standard InChI is InChI=1S/C24H24N4O2/c1-14-11-25-21(16(14)3)23(29)19-10-20(24(30)22-17(4)15(2)12-26-22)28(27-19)13-18-8-6-5-7-9-18/h5-12,25-26H,13H2,1-4H3. The zero-order valence-electron chi connectivity index (χ0n) is 17.5. The van der Waals surface area contributed by atoms with Gasteiger partial charge in [0.05, 0.1) is 17.9 Å². The van der Waals surface area contributed by atoms with Crippen LogP contribution in [0.1, 0.15) is 60.2 Å². The Morgan fingerprint density at radius 1 is 0.867 bits per heavy atom. The zero-order valence-corrected chi connectivity index (χ0v) is 17.5. The Bertz CT molecular complexity index is 1240. The minimum absolute atomic E-state index is 0.178. The molecule has 2 N–H and O–H groups in total. The fourth-order valence-electron chi connectivity index (χ4n) is 3.50. The zero-order chi connectivity index (χ0) is 21.4. The maximum absolute atomic E-state index is 13.3. The Hall–Kier alpha value is -3.67. The molecule has 6 nitrogen and oxygen atoms in total. The molecule has 0 bridgehead atoms. The lowest BCUT2D eigenvalue weighted by Crippen LogP contribution is -2.14. The number of ketones is 2. The number of nitrogens with one attached hydrogen (secondary N) is 2. The van der Waals surface area contributed by atoms with E-state index in [0.717, 1.165) is 27.8 Å². The van der Waals surface area contributed by atoms with Crippen LogP contribution in [0.25, 0.3) is 0 Å². The molecule has 0 aliphatic carbocycles. The number of aryl methyl sites for hydroxylation is 2. The van der Waals surface area contributed by atoms with Crippen molar-refractivity contribution in [3.63, 3.8) is 0 Å². The number of aromatic nitrogens is 4. The Morgan fingerprint density at radius 2 is 1.43 bits per heavy atom.